The molecule has 0 amide bonds. The minimum atomic E-state index is 0.598. The van der Waals surface area contributed by atoms with Gasteiger partial charge in [-0.1, -0.05) is 12.1 Å². The van der Waals surface area contributed by atoms with E-state index in [1.165, 1.54) is 0 Å². The van der Waals surface area contributed by atoms with Crippen molar-refractivity contribution in [1.29, 1.82) is 5.26 Å². The van der Waals surface area contributed by atoms with Gasteiger partial charge in [0.15, 0.2) is 5.58 Å². The Morgan fingerprint density at radius 2 is 2.25 bits per heavy atom. The average molecular weight is 157 g/mol. The normalized spacial score (nSPS) is 10.0. The van der Waals surface area contributed by atoms with Crippen LogP contribution in [-0.4, -0.2) is 0 Å². The lowest BCUT2D eigenvalue weighted by Gasteiger charge is -1.88. The first kappa shape index (κ1) is 6.93. The Hall–Kier alpha value is -1.75. The smallest absolute Gasteiger partial charge is 0.151 e. The zero-order valence-electron chi connectivity index (χ0n) is 6.66. The number of rotatable bonds is 0. The summed E-state index contributed by atoms with van der Waals surface area (Å²) < 4.78 is 5.37. The van der Waals surface area contributed by atoms with E-state index in [1.54, 1.807) is 6.07 Å². The second kappa shape index (κ2) is 2.38. The van der Waals surface area contributed by atoms with Crippen LogP contribution in [0.25, 0.3) is 11.0 Å². The molecule has 2 heteroatoms. The van der Waals surface area contributed by atoms with Crippen molar-refractivity contribution >= 4 is 11.0 Å². The van der Waals surface area contributed by atoms with Crippen molar-refractivity contribution in [3.63, 3.8) is 0 Å². The Labute approximate surface area is 70.0 Å². The van der Waals surface area contributed by atoms with Crippen molar-refractivity contribution in [1.82, 2.24) is 0 Å². The van der Waals surface area contributed by atoms with Gasteiger partial charge in [0.2, 0.25) is 0 Å². The fourth-order valence-corrected chi connectivity index (χ4v) is 1.28. The van der Waals surface area contributed by atoms with E-state index >= 15 is 0 Å². The highest BCUT2D eigenvalue weighted by atomic mass is 16.3. The number of benzene rings is 1. The Bertz CT molecular complexity index is 462. The molecule has 0 bridgehead atoms. The molecule has 2 rings (SSSR count). The Morgan fingerprint density at radius 3 is 3.00 bits per heavy atom. The molecule has 0 unspecified atom stereocenters. The molecule has 2 aromatic rings. The zero-order valence-corrected chi connectivity index (χ0v) is 6.66. The summed E-state index contributed by atoms with van der Waals surface area (Å²) in [6.07, 6.45) is 0. The highest BCUT2D eigenvalue weighted by Gasteiger charge is 2.03. The lowest BCUT2D eigenvalue weighted by atomic mass is 10.2. The maximum atomic E-state index is 8.73. The van der Waals surface area contributed by atoms with Gasteiger partial charge in [-0.2, -0.15) is 5.26 Å². The molecule has 0 aliphatic carbocycles. The number of hydrogen-bond acceptors (Lipinski definition) is 2. The number of nitrogens with zero attached hydrogens (tertiary/aromatic N) is 1. The second-order valence-electron chi connectivity index (χ2n) is 2.69. The quantitative estimate of drug-likeness (QED) is 0.589. The maximum absolute atomic E-state index is 8.73. The van der Waals surface area contributed by atoms with Crippen LogP contribution in [0.5, 0.6) is 0 Å². The molecule has 1 aromatic carbocycles. The van der Waals surface area contributed by atoms with Crippen molar-refractivity contribution in [2.45, 2.75) is 6.92 Å². The third-order valence-corrected chi connectivity index (χ3v) is 1.79. The van der Waals surface area contributed by atoms with Gasteiger partial charge in [0, 0.05) is 5.39 Å². The van der Waals surface area contributed by atoms with Gasteiger partial charge >= 0.3 is 0 Å². The molecule has 0 atom stereocenters. The van der Waals surface area contributed by atoms with Crippen LogP contribution in [0.2, 0.25) is 0 Å². The fraction of sp³-hybridized carbons (Fsp3) is 0.100. The minimum Gasteiger partial charge on any atom is -0.460 e. The molecule has 0 fully saturated rings. The van der Waals surface area contributed by atoms with E-state index < -0.39 is 0 Å². The Balaban J connectivity index is 2.89. The van der Waals surface area contributed by atoms with Crippen molar-refractivity contribution in [2.75, 3.05) is 0 Å². The third-order valence-electron chi connectivity index (χ3n) is 1.79. The number of aryl methyl sites for hydroxylation is 1. The standard InChI is InChI=1S/C10H7NO/c1-7-5-8-3-2-4-9(6-11)10(8)12-7/h2-5H,1H3. The van der Waals surface area contributed by atoms with Crippen LogP contribution in [0.15, 0.2) is 28.7 Å². The third kappa shape index (κ3) is 0.876. The second-order valence-corrected chi connectivity index (χ2v) is 2.69. The molecule has 12 heavy (non-hydrogen) atoms. The molecule has 0 aliphatic rings. The maximum Gasteiger partial charge on any atom is 0.151 e. The number of fused-ring (bicyclic) bond motifs is 1. The lowest BCUT2D eigenvalue weighted by Crippen LogP contribution is -1.72. The molecule has 0 saturated heterocycles. The molecule has 58 valence electrons. The van der Waals surface area contributed by atoms with Crippen LogP contribution in [0.3, 0.4) is 0 Å². The number of hydrogen-bond donors (Lipinski definition) is 0. The van der Waals surface area contributed by atoms with Crippen molar-refractivity contribution in [3.05, 3.63) is 35.6 Å². The molecule has 1 aromatic heterocycles. The summed E-state index contributed by atoms with van der Waals surface area (Å²) in [6, 6.07) is 9.57. The van der Waals surface area contributed by atoms with E-state index in [4.69, 9.17) is 9.68 Å². The highest BCUT2D eigenvalue weighted by molar-refractivity contribution is 5.83. The summed E-state index contributed by atoms with van der Waals surface area (Å²) in [4.78, 5) is 0. The first-order chi connectivity index (χ1) is 5.81. The Morgan fingerprint density at radius 1 is 1.42 bits per heavy atom. The minimum absolute atomic E-state index is 0.598. The van der Waals surface area contributed by atoms with Gasteiger partial charge in [0.25, 0.3) is 0 Å². The average Bonchev–Trinajstić information content (AvgIpc) is 2.44. The van der Waals surface area contributed by atoms with Crippen LogP contribution in [0.4, 0.5) is 0 Å². The van der Waals surface area contributed by atoms with Crippen LogP contribution >= 0.6 is 0 Å². The molecule has 0 aliphatic heterocycles. The summed E-state index contributed by atoms with van der Waals surface area (Å²) in [5.74, 6) is 0.840. The van der Waals surface area contributed by atoms with E-state index in [0.29, 0.717) is 11.1 Å². The summed E-state index contributed by atoms with van der Waals surface area (Å²) in [6.45, 7) is 1.88. The van der Waals surface area contributed by atoms with Crippen LogP contribution in [0, 0.1) is 18.3 Å². The van der Waals surface area contributed by atoms with Crippen LogP contribution in [0.1, 0.15) is 11.3 Å². The van der Waals surface area contributed by atoms with Gasteiger partial charge in [-0.25, -0.2) is 0 Å². The van der Waals surface area contributed by atoms with Crippen molar-refractivity contribution in [3.8, 4) is 6.07 Å². The van der Waals surface area contributed by atoms with Crippen molar-refractivity contribution in [2.24, 2.45) is 0 Å². The summed E-state index contributed by atoms with van der Waals surface area (Å²) in [7, 11) is 0. The van der Waals surface area contributed by atoms with Gasteiger partial charge in [0.1, 0.15) is 11.8 Å². The molecule has 0 N–H and O–H groups in total. The van der Waals surface area contributed by atoms with Gasteiger partial charge in [-0.15, -0.1) is 0 Å². The number of para-hydroxylation sites is 1. The summed E-state index contributed by atoms with van der Waals surface area (Å²) >= 11 is 0. The summed E-state index contributed by atoms with van der Waals surface area (Å²) in [5.41, 5.74) is 1.29. The molecular weight excluding hydrogens is 150 g/mol. The van der Waals surface area contributed by atoms with Gasteiger partial charge in [-0.3, -0.25) is 0 Å². The van der Waals surface area contributed by atoms with E-state index in [-0.39, 0.29) is 0 Å². The highest BCUT2D eigenvalue weighted by Crippen LogP contribution is 2.21. The molecule has 2 nitrogen and oxygen atoms in total. The van der Waals surface area contributed by atoms with Gasteiger partial charge < -0.3 is 4.42 Å². The predicted molar refractivity (Wildman–Crippen MR) is 45.7 cm³/mol. The molecule has 0 saturated carbocycles. The first-order valence-corrected chi connectivity index (χ1v) is 3.70. The Kier molecular flexibility index (Phi) is 1.38. The lowest BCUT2D eigenvalue weighted by molar-refractivity contribution is 0.577. The van der Waals surface area contributed by atoms with E-state index in [9.17, 15) is 0 Å². The van der Waals surface area contributed by atoms with Crippen LogP contribution in [-0.2, 0) is 0 Å². The zero-order chi connectivity index (χ0) is 8.55. The largest absolute Gasteiger partial charge is 0.460 e. The molecule has 0 spiro atoms. The SMILES string of the molecule is Cc1cc2cccc(C#N)c2o1. The summed E-state index contributed by atoms with van der Waals surface area (Å²) in [5, 5.41) is 9.73. The predicted octanol–water partition coefficient (Wildman–Crippen LogP) is 2.61. The topological polar surface area (TPSA) is 36.9 Å². The molecule has 1 heterocycles. The van der Waals surface area contributed by atoms with E-state index in [0.717, 1.165) is 11.1 Å². The van der Waals surface area contributed by atoms with Crippen LogP contribution < -0.4 is 0 Å². The van der Waals surface area contributed by atoms with E-state index in [2.05, 4.69) is 6.07 Å². The van der Waals surface area contributed by atoms with Gasteiger partial charge in [0.05, 0.1) is 5.56 Å². The molecular formula is C10H7NO. The number of nitriles is 1. The van der Waals surface area contributed by atoms with Gasteiger partial charge in [-0.05, 0) is 19.1 Å². The van der Waals surface area contributed by atoms with E-state index in [1.807, 2.05) is 25.1 Å². The monoisotopic (exact) mass is 157 g/mol. The first-order valence-electron chi connectivity index (χ1n) is 3.70. The fourth-order valence-electron chi connectivity index (χ4n) is 1.28. The molecule has 0 radical (unpaired) electrons. The van der Waals surface area contributed by atoms with Crippen molar-refractivity contribution < 1.29 is 4.42 Å². The number of furan rings is 1.